The van der Waals surface area contributed by atoms with E-state index in [1.807, 2.05) is 12.2 Å². The van der Waals surface area contributed by atoms with E-state index in [2.05, 4.69) is 38.2 Å². The Hall–Kier alpha value is -1.11. The number of hydrogen-bond donors (Lipinski definition) is 0. The number of allylic oxidation sites excluding steroid dienone is 3. The Bertz CT molecular complexity index is 209. The van der Waals surface area contributed by atoms with Crippen molar-refractivity contribution in [2.45, 2.75) is 20.3 Å². The average molecular weight is 177 g/mol. The van der Waals surface area contributed by atoms with Crippen LogP contribution in [0.15, 0.2) is 41.4 Å². The van der Waals surface area contributed by atoms with Gasteiger partial charge < -0.3 is 0 Å². The molecular weight excluding hydrogens is 158 g/mol. The van der Waals surface area contributed by atoms with Gasteiger partial charge in [-0.1, -0.05) is 44.7 Å². The van der Waals surface area contributed by atoms with Gasteiger partial charge in [-0.05, 0) is 24.6 Å². The van der Waals surface area contributed by atoms with Crippen LogP contribution in [0.1, 0.15) is 20.3 Å². The highest BCUT2D eigenvalue weighted by atomic mass is 14.7. The fraction of sp³-hybridized carbons (Fsp3) is 0.417. The molecule has 0 fully saturated rings. The van der Waals surface area contributed by atoms with E-state index < -0.39 is 0 Å². The second-order valence-electron chi connectivity index (χ2n) is 3.39. The summed E-state index contributed by atoms with van der Waals surface area (Å²) < 4.78 is 0. The molecule has 0 heterocycles. The van der Waals surface area contributed by atoms with Crippen LogP contribution >= 0.6 is 0 Å². The first-order valence-electron chi connectivity index (χ1n) is 4.61. The van der Waals surface area contributed by atoms with E-state index in [1.165, 1.54) is 5.57 Å². The molecule has 0 amide bonds. The predicted molar refractivity (Wildman–Crippen MR) is 61.3 cm³/mol. The molecular formula is C12H19N. The molecule has 13 heavy (non-hydrogen) atoms. The van der Waals surface area contributed by atoms with Crippen molar-refractivity contribution in [2.75, 3.05) is 6.54 Å². The average Bonchev–Trinajstić information content (AvgIpc) is 2.09. The first-order valence-corrected chi connectivity index (χ1v) is 4.61. The Labute approximate surface area is 81.6 Å². The fourth-order valence-electron chi connectivity index (χ4n) is 0.893. The smallest absolute Gasteiger partial charge is 0.0629 e. The first kappa shape index (κ1) is 11.9. The van der Waals surface area contributed by atoms with E-state index in [-0.39, 0.29) is 0 Å². The Kier molecular flexibility index (Phi) is 6.89. The van der Waals surface area contributed by atoms with Gasteiger partial charge in [0.2, 0.25) is 0 Å². The molecule has 0 rings (SSSR count). The van der Waals surface area contributed by atoms with Crippen molar-refractivity contribution in [3.63, 3.8) is 0 Å². The number of rotatable bonds is 6. The van der Waals surface area contributed by atoms with E-state index in [9.17, 15) is 0 Å². The van der Waals surface area contributed by atoms with Crippen LogP contribution < -0.4 is 0 Å². The van der Waals surface area contributed by atoms with Gasteiger partial charge >= 0.3 is 0 Å². The molecule has 72 valence electrons. The molecule has 0 spiro atoms. The lowest BCUT2D eigenvalue weighted by Crippen LogP contribution is -1.88. The summed E-state index contributed by atoms with van der Waals surface area (Å²) in [6, 6.07) is 0. The van der Waals surface area contributed by atoms with Crippen molar-refractivity contribution >= 4 is 6.72 Å². The summed E-state index contributed by atoms with van der Waals surface area (Å²) in [6.45, 7) is 12.2. The van der Waals surface area contributed by atoms with E-state index in [0.717, 1.165) is 6.42 Å². The molecule has 0 radical (unpaired) electrons. The molecule has 1 nitrogen and oxygen atoms in total. The number of nitrogens with zero attached hydrogens (tertiary/aromatic N) is 1. The second kappa shape index (κ2) is 7.53. The summed E-state index contributed by atoms with van der Waals surface area (Å²) in [4.78, 5) is 3.86. The molecule has 0 saturated heterocycles. The maximum absolute atomic E-state index is 3.86. The lowest BCUT2D eigenvalue weighted by molar-refractivity contribution is 0.661. The molecule has 0 aliphatic carbocycles. The molecule has 0 aliphatic rings. The third-order valence-electron chi connectivity index (χ3n) is 1.59. The minimum Gasteiger partial charge on any atom is -0.296 e. The van der Waals surface area contributed by atoms with Crippen molar-refractivity contribution in [1.29, 1.82) is 0 Å². The molecule has 0 bridgehead atoms. The topological polar surface area (TPSA) is 12.4 Å². The van der Waals surface area contributed by atoms with E-state index in [4.69, 9.17) is 0 Å². The molecule has 0 saturated carbocycles. The third-order valence-corrected chi connectivity index (χ3v) is 1.59. The van der Waals surface area contributed by atoms with Gasteiger partial charge in [0, 0.05) is 0 Å². The van der Waals surface area contributed by atoms with Gasteiger partial charge in [0.25, 0.3) is 0 Å². The van der Waals surface area contributed by atoms with Crippen LogP contribution in [0.4, 0.5) is 0 Å². The van der Waals surface area contributed by atoms with Crippen molar-refractivity contribution in [3.8, 4) is 0 Å². The van der Waals surface area contributed by atoms with Gasteiger partial charge in [-0.3, -0.25) is 4.99 Å². The van der Waals surface area contributed by atoms with Gasteiger partial charge in [-0.2, -0.15) is 0 Å². The Morgan fingerprint density at radius 2 is 2.15 bits per heavy atom. The standard InChI is InChI=1S/C12H19N/c1-5-6-7-12(10-13-4)9-8-11(2)3/h5-7,9,11H,1,4,8,10H2,2-3H3/b7-6-,12-9+. The van der Waals surface area contributed by atoms with Crippen LogP contribution in [0.2, 0.25) is 0 Å². The van der Waals surface area contributed by atoms with Gasteiger partial charge in [0.05, 0.1) is 6.54 Å². The van der Waals surface area contributed by atoms with Crippen molar-refractivity contribution in [2.24, 2.45) is 10.9 Å². The van der Waals surface area contributed by atoms with Gasteiger partial charge in [-0.15, -0.1) is 0 Å². The summed E-state index contributed by atoms with van der Waals surface area (Å²) in [7, 11) is 0. The summed E-state index contributed by atoms with van der Waals surface area (Å²) in [6.07, 6.45) is 9.03. The molecule has 1 heteroatoms. The zero-order chi connectivity index (χ0) is 10.1. The lowest BCUT2D eigenvalue weighted by atomic mass is 10.1. The van der Waals surface area contributed by atoms with Gasteiger partial charge in [0.1, 0.15) is 0 Å². The van der Waals surface area contributed by atoms with Crippen LogP contribution in [0.25, 0.3) is 0 Å². The van der Waals surface area contributed by atoms with Gasteiger partial charge in [0.15, 0.2) is 0 Å². The molecule has 0 N–H and O–H groups in total. The van der Waals surface area contributed by atoms with Crippen LogP contribution in [0.5, 0.6) is 0 Å². The van der Waals surface area contributed by atoms with Crippen molar-refractivity contribution in [1.82, 2.24) is 0 Å². The molecule has 0 atom stereocenters. The Morgan fingerprint density at radius 3 is 2.62 bits per heavy atom. The maximum Gasteiger partial charge on any atom is 0.0629 e. The number of hydrogen-bond acceptors (Lipinski definition) is 1. The monoisotopic (exact) mass is 177 g/mol. The molecule has 0 aromatic heterocycles. The van der Waals surface area contributed by atoms with E-state index in [1.54, 1.807) is 6.08 Å². The summed E-state index contributed by atoms with van der Waals surface area (Å²) in [5.41, 5.74) is 1.21. The lowest BCUT2D eigenvalue weighted by Gasteiger charge is -2.00. The Balaban J connectivity index is 4.21. The van der Waals surface area contributed by atoms with Crippen LogP contribution in [-0.4, -0.2) is 13.3 Å². The predicted octanol–water partition coefficient (Wildman–Crippen LogP) is 3.40. The molecule has 0 unspecified atom stereocenters. The summed E-state index contributed by atoms with van der Waals surface area (Å²) in [5.74, 6) is 0.692. The SMILES string of the molecule is C=C/C=C\C(=C/CC(C)C)CN=C. The number of aliphatic imine (C=N–C) groups is 1. The highest BCUT2D eigenvalue weighted by Gasteiger charge is 1.92. The minimum absolute atomic E-state index is 0.692. The molecule has 0 aromatic rings. The van der Waals surface area contributed by atoms with Crippen molar-refractivity contribution in [3.05, 3.63) is 36.5 Å². The zero-order valence-electron chi connectivity index (χ0n) is 8.66. The third kappa shape index (κ3) is 7.26. The van der Waals surface area contributed by atoms with Gasteiger partial charge in [-0.25, -0.2) is 0 Å². The van der Waals surface area contributed by atoms with Crippen LogP contribution in [0, 0.1) is 5.92 Å². The largest absolute Gasteiger partial charge is 0.296 e. The normalized spacial score (nSPS) is 12.4. The van der Waals surface area contributed by atoms with E-state index in [0.29, 0.717) is 12.5 Å². The van der Waals surface area contributed by atoms with Crippen LogP contribution in [0.3, 0.4) is 0 Å². The fourth-order valence-corrected chi connectivity index (χ4v) is 0.893. The zero-order valence-corrected chi connectivity index (χ0v) is 8.66. The van der Waals surface area contributed by atoms with Crippen molar-refractivity contribution < 1.29 is 0 Å². The minimum atomic E-state index is 0.692. The maximum atomic E-state index is 3.86. The highest BCUT2D eigenvalue weighted by Crippen LogP contribution is 2.06. The Morgan fingerprint density at radius 1 is 1.46 bits per heavy atom. The first-order chi connectivity index (χ1) is 6.20. The quantitative estimate of drug-likeness (QED) is 0.435. The summed E-state index contributed by atoms with van der Waals surface area (Å²) >= 11 is 0. The second-order valence-corrected chi connectivity index (χ2v) is 3.39. The summed E-state index contributed by atoms with van der Waals surface area (Å²) in [5, 5.41) is 0. The van der Waals surface area contributed by atoms with E-state index >= 15 is 0 Å². The van der Waals surface area contributed by atoms with Crippen LogP contribution in [-0.2, 0) is 0 Å². The highest BCUT2D eigenvalue weighted by molar-refractivity contribution is 5.29. The molecule has 0 aliphatic heterocycles. The molecule has 0 aromatic carbocycles.